The molecule has 96 valence electrons. The van der Waals surface area contributed by atoms with Crippen LogP contribution in [-0.2, 0) is 0 Å². The minimum Gasteiger partial charge on any atom is -0.382 e. The molecule has 0 spiro atoms. The minimum atomic E-state index is 0.484. The molecule has 1 aromatic carbocycles. The van der Waals surface area contributed by atoms with Crippen LogP contribution < -0.4 is 5.32 Å². The highest BCUT2D eigenvalue weighted by Crippen LogP contribution is 2.23. The number of hydrogen-bond acceptors (Lipinski definition) is 3. The SMILES string of the molecule is CC(CNc1cccc(Cl)c1C#N)N1CCCC1. The molecule has 0 bridgehead atoms. The van der Waals surface area contributed by atoms with Gasteiger partial charge in [0.25, 0.3) is 0 Å². The van der Waals surface area contributed by atoms with Crippen LogP contribution in [0.4, 0.5) is 5.69 Å². The number of anilines is 1. The average Bonchev–Trinajstić information content (AvgIpc) is 2.90. The summed E-state index contributed by atoms with van der Waals surface area (Å²) in [6, 6.07) is 8.15. The molecule has 3 nitrogen and oxygen atoms in total. The summed E-state index contributed by atoms with van der Waals surface area (Å²) in [4.78, 5) is 2.48. The van der Waals surface area contributed by atoms with Crippen molar-refractivity contribution in [2.75, 3.05) is 25.0 Å². The van der Waals surface area contributed by atoms with Gasteiger partial charge in [0, 0.05) is 12.6 Å². The molecule has 1 unspecified atom stereocenters. The predicted molar refractivity (Wildman–Crippen MR) is 74.9 cm³/mol. The van der Waals surface area contributed by atoms with Crippen LogP contribution in [0.2, 0.25) is 5.02 Å². The molecule has 0 saturated carbocycles. The van der Waals surface area contributed by atoms with E-state index >= 15 is 0 Å². The van der Waals surface area contributed by atoms with Crippen molar-refractivity contribution in [2.45, 2.75) is 25.8 Å². The first-order chi connectivity index (χ1) is 8.72. The van der Waals surface area contributed by atoms with Gasteiger partial charge in [-0.2, -0.15) is 5.26 Å². The number of benzene rings is 1. The lowest BCUT2D eigenvalue weighted by Gasteiger charge is -2.24. The van der Waals surface area contributed by atoms with E-state index < -0.39 is 0 Å². The normalized spacial score (nSPS) is 17.4. The molecule has 1 fully saturated rings. The number of nitrogens with zero attached hydrogens (tertiary/aromatic N) is 2. The lowest BCUT2D eigenvalue weighted by molar-refractivity contribution is 0.269. The Morgan fingerprint density at radius 2 is 2.17 bits per heavy atom. The van der Waals surface area contributed by atoms with E-state index in [0.717, 1.165) is 12.2 Å². The first-order valence-electron chi connectivity index (χ1n) is 6.39. The molecule has 0 amide bonds. The Balaban J connectivity index is 1.98. The van der Waals surface area contributed by atoms with E-state index in [0.29, 0.717) is 16.6 Å². The standard InChI is InChI=1S/C14H18ClN3/c1-11(18-7-2-3-8-18)10-17-14-6-4-5-13(15)12(14)9-16/h4-6,11,17H,2-3,7-8,10H2,1H3. The number of likely N-dealkylation sites (tertiary alicyclic amines) is 1. The summed E-state index contributed by atoms with van der Waals surface area (Å²) in [6.45, 7) is 5.43. The third-order valence-electron chi connectivity index (χ3n) is 3.48. The topological polar surface area (TPSA) is 39.1 Å². The largest absolute Gasteiger partial charge is 0.382 e. The van der Waals surface area contributed by atoms with Crippen molar-refractivity contribution in [1.82, 2.24) is 4.90 Å². The third kappa shape index (κ3) is 2.95. The quantitative estimate of drug-likeness (QED) is 0.907. The van der Waals surface area contributed by atoms with Gasteiger partial charge in [0.2, 0.25) is 0 Å². The van der Waals surface area contributed by atoms with Crippen LogP contribution in [0.1, 0.15) is 25.3 Å². The van der Waals surface area contributed by atoms with Crippen LogP contribution in [0.25, 0.3) is 0 Å². The second-order valence-corrected chi connectivity index (χ2v) is 5.15. The monoisotopic (exact) mass is 263 g/mol. The van der Waals surface area contributed by atoms with Crippen molar-refractivity contribution in [3.63, 3.8) is 0 Å². The second-order valence-electron chi connectivity index (χ2n) is 4.75. The summed E-state index contributed by atoms with van der Waals surface area (Å²) < 4.78 is 0. The summed E-state index contributed by atoms with van der Waals surface area (Å²) in [5.41, 5.74) is 1.36. The number of rotatable bonds is 4. The second kappa shape index (κ2) is 6.08. The van der Waals surface area contributed by atoms with Gasteiger partial charge in [-0.05, 0) is 45.0 Å². The summed E-state index contributed by atoms with van der Waals surface area (Å²) in [5, 5.41) is 12.9. The maximum Gasteiger partial charge on any atom is 0.103 e. The Morgan fingerprint density at radius 3 is 2.83 bits per heavy atom. The third-order valence-corrected chi connectivity index (χ3v) is 3.79. The van der Waals surface area contributed by atoms with Crippen LogP contribution in [0, 0.1) is 11.3 Å². The van der Waals surface area contributed by atoms with E-state index in [4.69, 9.17) is 16.9 Å². The first-order valence-corrected chi connectivity index (χ1v) is 6.76. The highest BCUT2D eigenvalue weighted by atomic mass is 35.5. The predicted octanol–water partition coefficient (Wildman–Crippen LogP) is 3.11. The van der Waals surface area contributed by atoms with Crippen LogP contribution in [-0.4, -0.2) is 30.6 Å². The summed E-state index contributed by atoms with van der Waals surface area (Å²) in [7, 11) is 0. The smallest absolute Gasteiger partial charge is 0.103 e. The van der Waals surface area contributed by atoms with Gasteiger partial charge in [0.1, 0.15) is 6.07 Å². The molecular weight excluding hydrogens is 246 g/mol. The molecule has 0 aromatic heterocycles. The van der Waals surface area contributed by atoms with E-state index in [1.54, 1.807) is 6.07 Å². The Morgan fingerprint density at radius 1 is 1.44 bits per heavy atom. The zero-order valence-electron chi connectivity index (χ0n) is 10.6. The number of halogens is 1. The molecule has 18 heavy (non-hydrogen) atoms. The molecular formula is C14H18ClN3. The van der Waals surface area contributed by atoms with E-state index in [1.807, 2.05) is 12.1 Å². The fourth-order valence-corrected chi connectivity index (χ4v) is 2.57. The van der Waals surface area contributed by atoms with Crippen molar-refractivity contribution in [2.24, 2.45) is 0 Å². The molecule has 1 saturated heterocycles. The molecule has 1 aromatic rings. The van der Waals surface area contributed by atoms with Gasteiger partial charge in [0.15, 0.2) is 0 Å². The highest BCUT2D eigenvalue weighted by Gasteiger charge is 2.18. The van der Waals surface area contributed by atoms with Gasteiger partial charge in [-0.25, -0.2) is 0 Å². The van der Waals surface area contributed by atoms with Gasteiger partial charge >= 0.3 is 0 Å². The number of nitrogens with one attached hydrogen (secondary N) is 1. The van der Waals surface area contributed by atoms with E-state index in [9.17, 15) is 0 Å². The van der Waals surface area contributed by atoms with Crippen LogP contribution in [0.3, 0.4) is 0 Å². The molecule has 1 aliphatic rings. The first kappa shape index (κ1) is 13.2. The average molecular weight is 264 g/mol. The number of hydrogen-bond donors (Lipinski definition) is 1. The zero-order chi connectivity index (χ0) is 13.0. The van der Waals surface area contributed by atoms with Crippen molar-refractivity contribution in [1.29, 1.82) is 5.26 Å². The lowest BCUT2D eigenvalue weighted by atomic mass is 10.2. The summed E-state index contributed by atoms with van der Waals surface area (Å²) >= 11 is 6.00. The Labute approximate surface area is 113 Å². The van der Waals surface area contributed by atoms with E-state index in [1.165, 1.54) is 25.9 Å². The summed E-state index contributed by atoms with van der Waals surface area (Å²) in [6.07, 6.45) is 2.59. The number of nitriles is 1. The van der Waals surface area contributed by atoms with Gasteiger partial charge in [-0.1, -0.05) is 17.7 Å². The lowest BCUT2D eigenvalue weighted by Crippen LogP contribution is -2.35. The van der Waals surface area contributed by atoms with Crippen molar-refractivity contribution in [3.8, 4) is 6.07 Å². The molecule has 1 aliphatic heterocycles. The maximum atomic E-state index is 9.09. The van der Waals surface area contributed by atoms with Crippen LogP contribution in [0.5, 0.6) is 0 Å². The maximum absolute atomic E-state index is 9.09. The zero-order valence-corrected chi connectivity index (χ0v) is 11.4. The van der Waals surface area contributed by atoms with Crippen molar-refractivity contribution >= 4 is 17.3 Å². The van der Waals surface area contributed by atoms with E-state index in [-0.39, 0.29) is 0 Å². The van der Waals surface area contributed by atoms with Gasteiger partial charge < -0.3 is 5.32 Å². The minimum absolute atomic E-state index is 0.484. The van der Waals surface area contributed by atoms with Gasteiger partial charge in [0.05, 0.1) is 16.3 Å². The molecule has 0 aliphatic carbocycles. The van der Waals surface area contributed by atoms with Crippen LogP contribution in [0.15, 0.2) is 18.2 Å². The van der Waals surface area contributed by atoms with Crippen molar-refractivity contribution < 1.29 is 0 Å². The summed E-state index contributed by atoms with van der Waals surface area (Å²) in [5.74, 6) is 0. The van der Waals surface area contributed by atoms with Crippen LogP contribution >= 0.6 is 11.6 Å². The van der Waals surface area contributed by atoms with Gasteiger partial charge in [-0.15, -0.1) is 0 Å². The van der Waals surface area contributed by atoms with Gasteiger partial charge in [-0.3, -0.25) is 4.90 Å². The Hall–Kier alpha value is -1.24. The molecule has 0 radical (unpaired) electrons. The molecule has 1 heterocycles. The molecule has 2 rings (SSSR count). The Kier molecular flexibility index (Phi) is 4.46. The fourth-order valence-electron chi connectivity index (χ4n) is 2.35. The van der Waals surface area contributed by atoms with Crippen molar-refractivity contribution in [3.05, 3.63) is 28.8 Å². The molecule has 4 heteroatoms. The molecule has 1 atom stereocenters. The Bertz CT molecular complexity index is 447. The van der Waals surface area contributed by atoms with E-state index in [2.05, 4.69) is 23.2 Å². The molecule has 1 N–H and O–H groups in total. The highest BCUT2D eigenvalue weighted by molar-refractivity contribution is 6.32. The fraction of sp³-hybridized carbons (Fsp3) is 0.500.